The van der Waals surface area contributed by atoms with E-state index in [-0.39, 0.29) is 11.3 Å². The molecule has 2 N–H and O–H groups in total. The van der Waals surface area contributed by atoms with Crippen LogP contribution in [0.1, 0.15) is 10.4 Å². The van der Waals surface area contributed by atoms with Crippen LogP contribution in [-0.2, 0) is 7.05 Å². The second-order valence-electron chi connectivity index (χ2n) is 3.74. The molecule has 18 heavy (non-hydrogen) atoms. The van der Waals surface area contributed by atoms with E-state index in [0.717, 1.165) is 0 Å². The van der Waals surface area contributed by atoms with Gasteiger partial charge in [0.05, 0.1) is 24.6 Å². The Morgan fingerprint density at radius 3 is 2.89 bits per heavy atom. The molecular formula is C12H13N3O3. The molecule has 1 amide bonds. The average molecular weight is 247 g/mol. The summed E-state index contributed by atoms with van der Waals surface area (Å²) >= 11 is 0. The second-order valence-corrected chi connectivity index (χ2v) is 3.74. The van der Waals surface area contributed by atoms with Gasteiger partial charge < -0.3 is 15.2 Å². The number of amides is 1. The van der Waals surface area contributed by atoms with Gasteiger partial charge in [0, 0.05) is 13.2 Å². The van der Waals surface area contributed by atoms with Crippen molar-refractivity contribution in [3.05, 3.63) is 36.2 Å². The first kappa shape index (κ1) is 12.0. The van der Waals surface area contributed by atoms with Gasteiger partial charge in [0.25, 0.3) is 5.91 Å². The summed E-state index contributed by atoms with van der Waals surface area (Å²) in [7, 11) is 3.24. The highest BCUT2D eigenvalue weighted by atomic mass is 16.5. The number of aromatic hydroxyl groups is 1. The van der Waals surface area contributed by atoms with Crippen LogP contribution in [0, 0.1) is 0 Å². The number of ether oxygens (including phenoxy) is 1. The van der Waals surface area contributed by atoms with Gasteiger partial charge in [-0.1, -0.05) is 0 Å². The number of hydrogen-bond acceptors (Lipinski definition) is 4. The van der Waals surface area contributed by atoms with Crippen molar-refractivity contribution in [3.63, 3.8) is 0 Å². The number of phenolic OH excluding ortho intramolecular Hbond substituents is 1. The van der Waals surface area contributed by atoms with Gasteiger partial charge >= 0.3 is 0 Å². The van der Waals surface area contributed by atoms with E-state index in [0.29, 0.717) is 11.4 Å². The number of hydrogen-bond donors (Lipinski definition) is 2. The Bertz CT molecular complexity index is 578. The number of methoxy groups -OCH3 is 1. The fraction of sp³-hybridized carbons (Fsp3) is 0.167. The summed E-state index contributed by atoms with van der Waals surface area (Å²) < 4.78 is 6.58. The molecule has 0 fully saturated rings. The van der Waals surface area contributed by atoms with Crippen LogP contribution in [0.15, 0.2) is 30.6 Å². The van der Waals surface area contributed by atoms with Crippen molar-refractivity contribution in [2.45, 2.75) is 0 Å². The summed E-state index contributed by atoms with van der Waals surface area (Å²) in [6, 6.07) is 4.47. The fourth-order valence-corrected chi connectivity index (χ4v) is 1.51. The maximum atomic E-state index is 11.9. The fourth-order valence-electron chi connectivity index (χ4n) is 1.51. The van der Waals surface area contributed by atoms with Crippen LogP contribution in [0.25, 0.3) is 0 Å². The van der Waals surface area contributed by atoms with E-state index < -0.39 is 5.91 Å². The zero-order valence-electron chi connectivity index (χ0n) is 10.0. The molecule has 0 saturated heterocycles. The van der Waals surface area contributed by atoms with E-state index >= 15 is 0 Å². The minimum Gasteiger partial charge on any atom is -0.507 e. The highest BCUT2D eigenvalue weighted by Gasteiger charge is 2.13. The number of rotatable bonds is 3. The quantitative estimate of drug-likeness (QED) is 0.859. The third-order valence-corrected chi connectivity index (χ3v) is 2.41. The van der Waals surface area contributed by atoms with Gasteiger partial charge in [-0.2, -0.15) is 5.10 Å². The molecule has 0 aliphatic rings. The highest BCUT2D eigenvalue weighted by Crippen LogP contribution is 2.23. The molecule has 2 rings (SSSR count). The Kier molecular flexibility index (Phi) is 3.18. The van der Waals surface area contributed by atoms with E-state index in [2.05, 4.69) is 10.4 Å². The molecule has 1 heterocycles. The molecule has 0 spiro atoms. The lowest BCUT2D eigenvalue weighted by Gasteiger charge is -2.07. The predicted molar refractivity (Wildman–Crippen MR) is 65.8 cm³/mol. The number of carbonyl (C=O) groups is 1. The van der Waals surface area contributed by atoms with Gasteiger partial charge in [0.1, 0.15) is 11.5 Å². The molecule has 6 heteroatoms. The lowest BCUT2D eigenvalue weighted by atomic mass is 10.1. The maximum Gasteiger partial charge on any atom is 0.259 e. The third-order valence-electron chi connectivity index (χ3n) is 2.41. The summed E-state index contributed by atoms with van der Waals surface area (Å²) in [4.78, 5) is 11.9. The van der Waals surface area contributed by atoms with Crippen molar-refractivity contribution >= 4 is 11.6 Å². The second kappa shape index (κ2) is 4.79. The molecule has 94 valence electrons. The van der Waals surface area contributed by atoms with Crippen LogP contribution in [0.5, 0.6) is 11.5 Å². The van der Waals surface area contributed by atoms with Crippen molar-refractivity contribution in [3.8, 4) is 11.5 Å². The largest absolute Gasteiger partial charge is 0.507 e. The van der Waals surface area contributed by atoms with E-state index in [1.165, 1.54) is 25.4 Å². The van der Waals surface area contributed by atoms with E-state index in [4.69, 9.17) is 4.74 Å². The Balaban J connectivity index is 2.23. The standard InChI is InChI=1S/C12H13N3O3/c1-15-7-8(6-13-15)14-12(17)10-5-9(18-2)3-4-11(10)16/h3-7,16H,1-2H3,(H,14,17). The molecular weight excluding hydrogens is 234 g/mol. The molecule has 0 aliphatic carbocycles. The van der Waals surface area contributed by atoms with Crippen LogP contribution < -0.4 is 10.1 Å². The molecule has 0 aliphatic heterocycles. The van der Waals surface area contributed by atoms with Gasteiger partial charge in [-0.05, 0) is 18.2 Å². The smallest absolute Gasteiger partial charge is 0.259 e. The lowest BCUT2D eigenvalue weighted by molar-refractivity contribution is 0.102. The van der Waals surface area contributed by atoms with E-state index in [1.807, 2.05) is 0 Å². The SMILES string of the molecule is COc1ccc(O)c(C(=O)Nc2cnn(C)c2)c1. The minimum absolute atomic E-state index is 0.0998. The van der Waals surface area contributed by atoms with Crippen LogP contribution in [0.4, 0.5) is 5.69 Å². The maximum absolute atomic E-state index is 11.9. The first-order valence-corrected chi connectivity index (χ1v) is 5.27. The van der Waals surface area contributed by atoms with Crippen LogP contribution in [-0.4, -0.2) is 27.9 Å². The van der Waals surface area contributed by atoms with Crippen LogP contribution >= 0.6 is 0 Å². The highest BCUT2D eigenvalue weighted by molar-refractivity contribution is 6.06. The number of aromatic nitrogens is 2. The van der Waals surface area contributed by atoms with Crippen molar-refractivity contribution in [1.29, 1.82) is 0 Å². The van der Waals surface area contributed by atoms with Crippen molar-refractivity contribution in [1.82, 2.24) is 9.78 Å². The average Bonchev–Trinajstić information content (AvgIpc) is 2.75. The van der Waals surface area contributed by atoms with Gasteiger partial charge in [-0.3, -0.25) is 9.48 Å². The first-order chi connectivity index (χ1) is 8.60. The molecule has 6 nitrogen and oxygen atoms in total. The number of nitrogens with zero attached hydrogens (tertiary/aromatic N) is 2. The van der Waals surface area contributed by atoms with Gasteiger partial charge in [-0.25, -0.2) is 0 Å². The molecule has 0 saturated carbocycles. The van der Waals surface area contributed by atoms with E-state index in [1.54, 1.807) is 24.0 Å². The molecule has 1 aromatic heterocycles. The zero-order valence-corrected chi connectivity index (χ0v) is 10.0. The Labute approximate surface area is 104 Å². The van der Waals surface area contributed by atoms with Crippen LogP contribution in [0.2, 0.25) is 0 Å². The Morgan fingerprint density at radius 2 is 2.28 bits per heavy atom. The van der Waals surface area contributed by atoms with Gasteiger partial charge in [0.15, 0.2) is 0 Å². The number of aryl methyl sites for hydroxylation is 1. The molecule has 0 unspecified atom stereocenters. The van der Waals surface area contributed by atoms with E-state index in [9.17, 15) is 9.90 Å². The molecule has 1 aromatic carbocycles. The van der Waals surface area contributed by atoms with Crippen LogP contribution in [0.3, 0.4) is 0 Å². The monoisotopic (exact) mass is 247 g/mol. The summed E-state index contributed by atoms with van der Waals surface area (Å²) in [5, 5.41) is 16.2. The first-order valence-electron chi connectivity index (χ1n) is 5.27. The van der Waals surface area contributed by atoms with Gasteiger partial charge in [-0.15, -0.1) is 0 Å². The topological polar surface area (TPSA) is 76.4 Å². The Hall–Kier alpha value is -2.50. The normalized spacial score (nSPS) is 10.1. The summed E-state index contributed by atoms with van der Waals surface area (Å²) in [5.74, 6) is -0.0132. The summed E-state index contributed by atoms with van der Waals surface area (Å²) in [6.07, 6.45) is 3.18. The van der Waals surface area contributed by atoms with Crippen molar-refractivity contribution in [2.24, 2.45) is 7.05 Å². The molecule has 0 radical (unpaired) electrons. The number of anilines is 1. The number of benzene rings is 1. The van der Waals surface area contributed by atoms with Crippen molar-refractivity contribution in [2.75, 3.05) is 12.4 Å². The van der Waals surface area contributed by atoms with Crippen molar-refractivity contribution < 1.29 is 14.6 Å². The third kappa shape index (κ3) is 2.42. The lowest BCUT2D eigenvalue weighted by Crippen LogP contribution is -2.11. The summed E-state index contributed by atoms with van der Waals surface area (Å²) in [6.45, 7) is 0. The number of nitrogens with one attached hydrogen (secondary N) is 1. The predicted octanol–water partition coefficient (Wildman–Crippen LogP) is 1.39. The zero-order chi connectivity index (χ0) is 13.1. The Morgan fingerprint density at radius 1 is 1.50 bits per heavy atom. The molecule has 0 bridgehead atoms. The van der Waals surface area contributed by atoms with Gasteiger partial charge in [0.2, 0.25) is 0 Å². The summed E-state index contributed by atoms with van der Waals surface area (Å²) in [5.41, 5.74) is 0.711. The number of phenols is 1. The molecule has 2 aromatic rings. The number of carbonyl (C=O) groups excluding carboxylic acids is 1. The molecule has 0 atom stereocenters. The minimum atomic E-state index is -0.417.